The molecule has 0 saturated carbocycles. The summed E-state index contributed by atoms with van der Waals surface area (Å²) in [5.41, 5.74) is 1.11. The maximum absolute atomic E-state index is 13.6. The molecular weight excluding hydrogens is 541 g/mol. The molecular formula is C29H17Cl2N3O3S. The summed E-state index contributed by atoms with van der Waals surface area (Å²) in [5.74, 6) is 0.328. The van der Waals surface area contributed by atoms with E-state index in [0.717, 1.165) is 16.9 Å². The SMILES string of the molecule is N#C/C(C(=O)Nc1ccc(Cl)cc1)=c1\s/c(=C/c2ccc(-c3ccccc3Cl)o2)c(=O)n1-c1ccccc1. The van der Waals surface area contributed by atoms with Crippen LogP contribution >= 0.6 is 34.5 Å². The van der Waals surface area contributed by atoms with Crippen molar-refractivity contribution in [2.45, 2.75) is 0 Å². The fourth-order valence-corrected chi connectivity index (χ4v) is 5.19. The van der Waals surface area contributed by atoms with Crippen LogP contribution in [0.4, 0.5) is 5.69 Å². The molecule has 186 valence electrons. The van der Waals surface area contributed by atoms with Crippen LogP contribution in [0.25, 0.3) is 28.7 Å². The number of amides is 1. The largest absolute Gasteiger partial charge is 0.457 e. The predicted molar refractivity (Wildman–Crippen MR) is 151 cm³/mol. The van der Waals surface area contributed by atoms with Crippen molar-refractivity contribution in [1.82, 2.24) is 4.57 Å². The van der Waals surface area contributed by atoms with E-state index in [-0.39, 0.29) is 20.3 Å². The summed E-state index contributed by atoms with van der Waals surface area (Å²) in [6.07, 6.45) is 1.59. The van der Waals surface area contributed by atoms with E-state index in [2.05, 4.69) is 5.32 Å². The molecule has 0 aliphatic carbocycles. The third kappa shape index (κ3) is 5.20. The van der Waals surface area contributed by atoms with Crippen molar-refractivity contribution in [3.05, 3.63) is 126 Å². The van der Waals surface area contributed by atoms with Gasteiger partial charge in [-0.1, -0.05) is 53.5 Å². The lowest BCUT2D eigenvalue weighted by atomic mass is 10.2. The monoisotopic (exact) mass is 557 g/mol. The van der Waals surface area contributed by atoms with Crippen LogP contribution in [0.15, 0.2) is 100 Å². The fourth-order valence-electron chi connectivity index (χ4n) is 3.75. The highest BCUT2D eigenvalue weighted by Crippen LogP contribution is 2.29. The van der Waals surface area contributed by atoms with Crippen LogP contribution in [0.5, 0.6) is 0 Å². The number of nitrogens with zero attached hydrogens (tertiary/aromatic N) is 2. The third-order valence-corrected chi connectivity index (χ3v) is 7.21. The topological polar surface area (TPSA) is 88.0 Å². The van der Waals surface area contributed by atoms with E-state index >= 15 is 0 Å². The Bertz CT molecular complexity index is 1870. The first-order valence-electron chi connectivity index (χ1n) is 11.3. The van der Waals surface area contributed by atoms with Crippen molar-refractivity contribution in [2.24, 2.45) is 0 Å². The number of thiazole rings is 1. The van der Waals surface area contributed by atoms with Gasteiger partial charge in [0.25, 0.3) is 11.5 Å². The number of para-hydroxylation sites is 1. The van der Waals surface area contributed by atoms with Crippen molar-refractivity contribution in [2.75, 3.05) is 5.32 Å². The normalized spacial score (nSPS) is 12.2. The van der Waals surface area contributed by atoms with E-state index in [1.165, 1.54) is 4.57 Å². The van der Waals surface area contributed by atoms with Crippen LogP contribution in [-0.4, -0.2) is 10.5 Å². The standard InChI is InChI=1S/C29H17Cl2N3O3S/c30-18-10-12-19(13-11-18)33-27(35)23(17-32)29-34(20-6-2-1-3-7-20)28(36)26(38-29)16-21-14-15-25(37-21)22-8-4-5-9-24(22)31/h1-16H,(H,33,35)/b26-16+,29-23+. The number of halogens is 2. The van der Waals surface area contributed by atoms with E-state index in [1.807, 2.05) is 30.3 Å². The van der Waals surface area contributed by atoms with Gasteiger partial charge in [0.15, 0.2) is 5.57 Å². The van der Waals surface area contributed by atoms with Crippen LogP contribution in [0.3, 0.4) is 0 Å². The molecule has 5 rings (SSSR count). The van der Waals surface area contributed by atoms with E-state index in [9.17, 15) is 14.9 Å². The Morgan fingerprint density at radius 2 is 1.66 bits per heavy atom. The minimum absolute atomic E-state index is 0.194. The second kappa shape index (κ2) is 11.0. The van der Waals surface area contributed by atoms with Gasteiger partial charge in [-0.3, -0.25) is 14.2 Å². The zero-order valence-corrected chi connectivity index (χ0v) is 21.8. The molecule has 1 amide bonds. The molecule has 5 aromatic rings. The van der Waals surface area contributed by atoms with Crippen LogP contribution in [0, 0.1) is 11.3 Å². The summed E-state index contributed by atoms with van der Waals surface area (Å²) in [6.45, 7) is 0. The lowest BCUT2D eigenvalue weighted by Crippen LogP contribution is -2.32. The second-order valence-corrected chi connectivity index (χ2v) is 9.90. The molecule has 38 heavy (non-hydrogen) atoms. The van der Waals surface area contributed by atoms with Crippen LogP contribution < -0.4 is 20.1 Å². The molecule has 0 aliphatic heterocycles. The first-order chi connectivity index (χ1) is 18.4. The van der Waals surface area contributed by atoms with Gasteiger partial charge in [0.2, 0.25) is 0 Å². The number of anilines is 1. The number of nitrogens with one attached hydrogen (secondary N) is 1. The number of furan rings is 1. The molecule has 2 heterocycles. The van der Waals surface area contributed by atoms with Gasteiger partial charge in [-0.2, -0.15) is 5.26 Å². The highest BCUT2D eigenvalue weighted by atomic mass is 35.5. The average Bonchev–Trinajstić information content (AvgIpc) is 3.51. The molecule has 2 aromatic heterocycles. The summed E-state index contributed by atoms with van der Waals surface area (Å²) in [5, 5.41) is 13.7. The number of nitriles is 1. The molecule has 0 aliphatic rings. The predicted octanol–water partition coefficient (Wildman–Crippen LogP) is 5.61. The van der Waals surface area contributed by atoms with E-state index in [4.69, 9.17) is 27.6 Å². The molecule has 0 spiro atoms. The van der Waals surface area contributed by atoms with Crippen molar-refractivity contribution in [1.29, 1.82) is 5.26 Å². The summed E-state index contributed by atoms with van der Waals surface area (Å²) >= 11 is 13.2. The number of hydrogen-bond donors (Lipinski definition) is 1. The third-order valence-electron chi connectivity index (χ3n) is 5.53. The summed E-state index contributed by atoms with van der Waals surface area (Å²) in [7, 11) is 0. The zero-order chi connectivity index (χ0) is 26.6. The van der Waals surface area contributed by atoms with Gasteiger partial charge in [-0.15, -0.1) is 11.3 Å². The molecule has 0 atom stereocenters. The van der Waals surface area contributed by atoms with Crippen molar-refractivity contribution in [3.63, 3.8) is 0 Å². The van der Waals surface area contributed by atoms with Crippen molar-refractivity contribution in [3.8, 4) is 23.1 Å². The van der Waals surface area contributed by atoms with Gasteiger partial charge in [-0.25, -0.2) is 0 Å². The Morgan fingerprint density at radius 3 is 2.37 bits per heavy atom. The maximum Gasteiger partial charge on any atom is 0.273 e. The van der Waals surface area contributed by atoms with Gasteiger partial charge in [-0.05, 0) is 60.7 Å². The van der Waals surface area contributed by atoms with E-state index in [1.54, 1.807) is 72.8 Å². The molecule has 0 saturated heterocycles. The summed E-state index contributed by atoms with van der Waals surface area (Å²) in [6, 6.07) is 28.1. The zero-order valence-electron chi connectivity index (χ0n) is 19.5. The summed E-state index contributed by atoms with van der Waals surface area (Å²) in [4.78, 5) is 26.7. The Kier molecular flexibility index (Phi) is 7.29. The van der Waals surface area contributed by atoms with Gasteiger partial charge < -0.3 is 9.73 Å². The van der Waals surface area contributed by atoms with Gasteiger partial charge in [0, 0.05) is 22.3 Å². The fraction of sp³-hybridized carbons (Fsp3) is 0. The van der Waals surface area contributed by atoms with Crippen LogP contribution in [0.1, 0.15) is 5.76 Å². The van der Waals surface area contributed by atoms with Gasteiger partial charge in [0.05, 0.1) is 15.2 Å². The minimum atomic E-state index is -0.647. The lowest BCUT2D eigenvalue weighted by Gasteiger charge is -2.06. The van der Waals surface area contributed by atoms with Gasteiger partial charge >= 0.3 is 0 Å². The molecule has 0 fully saturated rings. The second-order valence-electron chi connectivity index (χ2n) is 8.02. The first-order valence-corrected chi connectivity index (χ1v) is 12.9. The van der Waals surface area contributed by atoms with Crippen LogP contribution in [-0.2, 0) is 4.79 Å². The Labute approximate surface area is 230 Å². The van der Waals surface area contributed by atoms with E-state index < -0.39 is 5.91 Å². The molecule has 1 N–H and O–H groups in total. The number of carbonyl (C=O) groups is 1. The quantitative estimate of drug-likeness (QED) is 0.304. The first kappa shape index (κ1) is 25.3. The molecule has 9 heteroatoms. The number of rotatable bonds is 5. The van der Waals surface area contributed by atoms with Crippen LogP contribution in [0.2, 0.25) is 10.0 Å². The van der Waals surface area contributed by atoms with Gasteiger partial charge in [0.1, 0.15) is 22.3 Å². The molecule has 0 radical (unpaired) electrons. The number of carbonyl (C=O) groups excluding carboxylic acids is 1. The molecule has 6 nitrogen and oxygen atoms in total. The van der Waals surface area contributed by atoms with Crippen molar-refractivity contribution < 1.29 is 9.21 Å². The summed E-state index contributed by atoms with van der Waals surface area (Å²) < 4.78 is 7.78. The molecule has 0 unspecified atom stereocenters. The van der Waals surface area contributed by atoms with E-state index in [0.29, 0.717) is 32.9 Å². The average molecular weight is 558 g/mol. The molecule has 0 bridgehead atoms. The lowest BCUT2D eigenvalue weighted by molar-refractivity contribution is -0.111. The highest BCUT2D eigenvalue weighted by Gasteiger charge is 2.18. The minimum Gasteiger partial charge on any atom is -0.457 e. The Balaban J connectivity index is 1.66. The highest BCUT2D eigenvalue weighted by molar-refractivity contribution is 7.07. The maximum atomic E-state index is 13.6. The van der Waals surface area contributed by atoms with Crippen molar-refractivity contribution >= 4 is 57.8 Å². The molecule has 3 aromatic carbocycles. The Morgan fingerprint density at radius 1 is 0.947 bits per heavy atom. The Hall–Kier alpha value is -4.35. The number of hydrogen-bond acceptors (Lipinski definition) is 5. The number of benzene rings is 3. The number of aromatic nitrogens is 1. The smallest absolute Gasteiger partial charge is 0.273 e.